The van der Waals surface area contributed by atoms with E-state index in [1.54, 1.807) is 6.92 Å². The van der Waals surface area contributed by atoms with Gasteiger partial charge in [-0.3, -0.25) is 9.69 Å². The maximum absolute atomic E-state index is 10.9. The van der Waals surface area contributed by atoms with E-state index in [0.717, 1.165) is 6.54 Å². The Balaban J connectivity index is 2.67. The van der Waals surface area contributed by atoms with Crippen molar-refractivity contribution in [2.24, 2.45) is 0 Å². The molecule has 2 nitrogen and oxygen atoms in total. The average Bonchev–Trinajstić information content (AvgIpc) is 1.98. The molecule has 0 atom stereocenters. The third kappa shape index (κ3) is 4.26. The predicted molar refractivity (Wildman–Crippen MR) is 62.9 cm³/mol. The summed E-state index contributed by atoms with van der Waals surface area (Å²) in [5.74, 6) is 0.210. The second-order valence-electron chi connectivity index (χ2n) is 4.37. The van der Waals surface area contributed by atoms with Crippen molar-refractivity contribution in [1.29, 1.82) is 0 Å². The molecule has 0 aromatic heterocycles. The number of aryl methyl sites for hydroxylation is 2. The minimum Gasteiger partial charge on any atom is -0.299 e. The summed E-state index contributed by atoms with van der Waals surface area (Å²) in [7, 11) is 1.97. The summed E-state index contributed by atoms with van der Waals surface area (Å²) in [5.41, 5.74) is 3.83. The van der Waals surface area contributed by atoms with Gasteiger partial charge in [0.05, 0.1) is 6.54 Å². The number of carbonyl (C=O) groups excluding carboxylic acids is 1. The number of likely N-dealkylation sites (N-methyl/N-ethyl adjacent to an activating group) is 1. The Bertz CT molecular complexity index is 337. The molecule has 0 aliphatic heterocycles. The smallest absolute Gasteiger partial charge is 0.143 e. The van der Waals surface area contributed by atoms with Crippen molar-refractivity contribution in [2.75, 3.05) is 13.6 Å². The van der Waals surface area contributed by atoms with Crippen LogP contribution in [-0.4, -0.2) is 24.3 Å². The van der Waals surface area contributed by atoms with Gasteiger partial charge in [-0.25, -0.2) is 0 Å². The van der Waals surface area contributed by atoms with E-state index in [4.69, 9.17) is 0 Å². The van der Waals surface area contributed by atoms with Gasteiger partial charge in [-0.1, -0.05) is 29.3 Å². The molecule has 0 aliphatic rings. The summed E-state index contributed by atoms with van der Waals surface area (Å²) in [5, 5.41) is 0. The van der Waals surface area contributed by atoms with Gasteiger partial charge in [0.15, 0.2) is 0 Å². The Morgan fingerprint density at radius 3 is 2.20 bits per heavy atom. The van der Waals surface area contributed by atoms with Crippen LogP contribution in [0.25, 0.3) is 0 Å². The number of Topliss-reactive ketones (excluding diaryl/α,β-unsaturated/α-hetero) is 1. The van der Waals surface area contributed by atoms with Gasteiger partial charge in [-0.15, -0.1) is 0 Å². The lowest BCUT2D eigenvalue weighted by Gasteiger charge is -2.15. The van der Waals surface area contributed by atoms with E-state index < -0.39 is 0 Å². The molecule has 0 aliphatic carbocycles. The van der Waals surface area contributed by atoms with Crippen LogP contribution in [0.2, 0.25) is 0 Å². The molecule has 0 spiro atoms. The number of carbonyl (C=O) groups is 1. The van der Waals surface area contributed by atoms with E-state index in [1.165, 1.54) is 16.7 Å². The van der Waals surface area contributed by atoms with Crippen LogP contribution in [0, 0.1) is 13.8 Å². The fraction of sp³-hybridized carbons (Fsp3) is 0.462. The second kappa shape index (κ2) is 5.08. The van der Waals surface area contributed by atoms with Gasteiger partial charge < -0.3 is 0 Å². The van der Waals surface area contributed by atoms with Crippen LogP contribution in [0.4, 0.5) is 0 Å². The Morgan fingerprint density at radius 1 is 1.20 bits per heavy atom. The van der Waals surface area contributed by atoms with Gasteiger partial charge in [-0.2, -0.15) is 0 Å². The minimum absolute atomic E-state index is 0.210. The Labute approximate surface area is 91.9 Å². The summed E-state index contributed by atoms with van der Waals surface area (Å²) in [6, 6.07) is 6.50. The molecular formula is C13H19NO. The summed E-state index contributed by atoms with van der Waals surface area (Å²) in [4.78, 5) is 13.0. The van der Waals surface area contributed by atoms with E-state index >= 15 is 0 Å². The first-order valence-corrected chi connectivity index (χ1v) is 5.22. The van der Waals surface area contributed by atoms with Crippen molar-refractivity contribution >= 4 is 5.78 Å². The van der Waals surface area contributed by atoms with Gasteiger partial charge in [0, 0.05) is 6.54 Å². The van der Waals surface area contributed by atoms with Crippen molar-refractivity contribution in [3.63, 3.8) is 0 Å². The van der Waals surface area contributed by atoms with Crippen LogP contribution in [0.3, 0.4) is 0 Å². The molecule has 0 saturated heterocycles. The van der Waals surface area contributed by atoms with Crippen molar-refractivity contribution in [3.05, 3.63) is 34.9 Å². The molecule has 0 radical (unpaired) electrons. The number of nitrogens with zero attached hydrogens (tertiary/aromatic N) is 1. The summed E-state index contributed by atoms with van der Waals surface area (Å²) in [6.07, 6.45) is 0. The fourth-order valence-corrected chi connectivity index (χ4v) is 1.91. The van der Waals surface area contributed by atoms with Crippen LogP contribution >= 0.6 is 0 Å². The molecule has 82 valence electrons. The highest BCUT2D eigenvalue weighted by atomic mass is 16.1. The summed E-state index contributed by atoms with van der Waals surface area (Å²) < 4.78 is 0. The van der Waals surface area contributed by atoms with E-state index in [-0.39, 0.29) is 5.78 Å². The van der Waals surface area contributed by atoms with E-state index in [1.807, 2.05) is 11.9 Å². The van der Waals surface area contributed by atoms with E-state index in [9.17, 15) is 4.79 Å². The van der Waals surface area contributed by atoms with Gasteiger partial charge in [0.1, 0.15) is 5.78 Å². The highest BCUT2D eigenvalue weighted by Gasteiger charge is 2.03. The van der Waals surface area contributed by atoms with Crippen molar-refractivity contribution in [1.82, 2.24) is 4.90 Å². The van der Waals surface area contributed by atoms with Gasteiger partial charge in [0.2, 0.25) is 0 Å². The number of benzene rings is 1. The Hall–Kier alpha value is -1.15. The molecule has 0 amide bonds. The maximum atomic E-state index is 10.9. The maximum Gasteiger partial charge on any atom is 0.143 e. The molecule has 0 saturated carbocycles. The summed E-state index contributed by atoms with van der Waals surface area (Å²) in [6.45, 7) is 7.18. The van der Waals surface area contributed by atoms with Crippen LogP contribution in [-0.2, 0) is 11.3 Å². The predicted octanol–water partition coefficient (Wildman–Crippen LogP) is 2.32. The van der Waals surface area contributed by atoms with Crippen molar-refractivity contribution < 1.29 is 4.79 Å². The van der Waals surface area contributed by atoms with E-state index in [0.29, 0.717) is 6.54 Å². The van der Waals surface area contributed by atoms with Crippen LogP contribution < -0.4 is 0 Å². The second-order valence-corrected chi connectivity index (χ2v) is 4.37. The number of rotatable bonds is 4. The highest BCUT2D eigenvalue weighted by molar-refractivity contribution is 5.77. The zero-order valence-electron chi connectivity index (χ0n) is 10.0. The van der Waals surface area contributed by atoms with Crippen LogP contribution in [0.15, 0.2) is 18.2 Å². The van der Waals surface area contributed by atoms with Gasteiger partial charge in [-0.05, 0) is 33.4 Å². The van der Waals surface area contributed by atoms with Gasteiger partial charge >= 0.3 is 0 Å². The third-order valence-electron chi connectivity index (χ3n) is 2.23. The topological polar surface area (TPSA) is 20.3 Å². The standard InChI is InChI=1S/C13H19NO/c1-10-5-11(2)7-13(6-10)9-14(4)8-12(3)15/h5-7H,8-9H2,1-4H3. The molecule has 1 aromatic carbocycles. The Kier molecular flexibility index (Phi) is 4.04. The van der Waals surface area contributed by atoms with Crippen molar-refractivity contribution in [3.8, 4) is 0 Å². The van der Waals surface area contributed by atoms with Crippen LogP contribution in [0.1, 0.15) is 23.6 Å². The summed E-state index contributed by atoms with van der Waals surface area (Å²) >= 11 is 0. The molecule has 0 N–H and O–H groups in total. The molecule has 0 unspecified atom stereocenters. The quantitative estimate of drug-likeness (QED) is 0.752. The lowest BCUT2D eigenvalue weighted by atomic mass is 10.1. The largest absolute Gasteiger partial charge is 0.299 e. The molecule has 2 heteroatoms. The fourth-order valence-electron chi connectivity index (χ4n) is 1.91. The first-order chi connectivity index (χ1) is 6.97. The molecule has 15 heavy (non-hydrogen) atoms. The minimum atomic E-state index is 0.210. The normalized spacial score (nSPS) is 10.7. The molecular weight excluding hydrogens is 186 g/mol. The first kappa shape index (κ1) is 11.9. The SMILES string of the molecule is CC(=O)CN(C)Cc1cc(C)cc(C)c1. The average molecular weight is 205 g/mol. The molecule has 1 rings (SSSR count). The van der Waals surface area contributed by atoms with Crippen molar-refractivity contribution in [2.45, 2.75) is 27.3 Å². The number of hydrogen-bond acceptors (Lipinski definition) is 2. The van der Waals surface area contributed by atoms with Crippen LogP contribution in [0.5, 0.6) is 0 Å². The van der Waals surface area contributed by atoms with Gasteiger partial charge in [0.25, 0.3) is 0 Å². The zero-order valence-corrected chi connectivity index (χ0v) is 10.0. The molecule has 1 aromatic rings. The van der Waals surface area contributed by atoms with E-state index in [2.05, 4.69) is 32.0 Å². The third-order valence-corrected chi connectivity index (χ3v) is 2.23. The highest BCUT2D eigenvalue weighted by Crippen LogP contribution is 2.10. The molecule has 0 heterocycles. The Morgan fingerprint density at radius 2 is 1.73 bits per heavy atom. The molecule has 0 fully saturated rings. The first-order valence-electron chi connectivity index (χ1n) is 5.22. The molecule has 0 bridgehead atoms. The lowest BCUT2D eigenvalue weighted by Crippen LogP contribution is -2.23. The number of hydrogen-bond donors (Lipinski definition) is 0. The lowest BCUT2D eigenvalue weighted by molar-refractivity contribution is -0.117. The number of ketones is 1. The monoisotopic (exact) mass is 205 g/mol. The zero-order chi connectivity index (χ0) is 11.4.